The van der Waals surface area contributed by atoms with Gasteiger partial charge in [-0.2, -0.15) is 15.0 Å². The van der Waals surface area contributed by atoms with Gasteiger partial charge in [0.1, 0.15) is 0 Å². The molecule has 0 atom stereocenters. The van der Waals surface area contributed by atoms with Crippen molar-refractivity contribution >= 4 is 29.0 Å². The fraction of sp³-hybridized carbons (Fsp3) is 0.722. The molecule has 2 aromatic rings. The minimum absolute atomic E-state index is 0.297. The molecule has 0 aromatic carbocycles. The summed E-state index contributed by atoms with van der Waals surface area (Å²) in [6, 6.07) is 0.802. The molecular formula is C18H31N5O3S. The molecule has 0 fully saturated rings. The van der Waals surface area contributed by atoms with E-state index in [2.05, 4.69) is 21.9 Å². The van der Waals surface area contributed by atoms with Crippen LogP contribution in [0.4, 0.5) is 5.82 Å². The number of nitrogens with zero attached hydrogens (tertiary/aromatic N) is 4. The number of nitrogens with two attached hydrogens (primary N) is 1. The molecule has 0 saturated carbocycles. The molecule has 2 heterocycles. The van der Waals surface area contributed by atoms with Crippen LogP contribution in [-0.4, -0.2) is 46.1 Å². The lowest BCUT2D eigenvalue weighted by molar-refractivity contribution is 0.286. The van der Waals surface area contributed by atoms with E-state index in [-0.39, 0.29) is 0 Å². The second-order valence-corrected chi connectivity index (χ2v) is 6.84. The number of aromatic nitrogens is 4. The van der Waals surface area contributed by atoms with E-state index in [1.54, 1.807) is 7.11 Å². The second kappa shape index (κ2) is 11.9. The first kappa shape index (κ1) is 21.6. The van der Waals surface area contributed by atoms with Crippen molar-refractivity contribution in [2.45, 2.75) is 58.4 Å². The number of unbranched alkanes of at least 4 members (excludes halogenated alkanes) is 5. The molecular weight excluding hydrogens is 366 g/mol. The number of rotatable bonds is 14. The second-order valence-electron chi connectivity index (χ2n) is 6.27. The number of aryl methyl sites for hydroxylation is 1. The number of anilines is 1. The van der Waals surface area contributed by atoms with E-state index in [1.807, 2.05) is 10.8 Å². The lowest BCUT2D eigenvalue weighted by atomic mass is 10.1. The van der Waals surface area contributed by atoms with Crippen molar-refractivity contribution in [3.8, 4) is 12.0 Å². The first-order chi connectivity index (χ1) is 13.2. The Morgan fingerprint density at radius 2 is 1.78 bits per heavy atom. The molecule has 27 heavy (non-hydrogen) atoms. The van der Waals surface area contributed by atoms with Crippen molar-refractivity contribution in [3.63, 3.8) is 0 Å². The van der Waals surface area contributed by atoms with Crippen LogP contribution in [0.5, 0.6) is 12.0 Å². The highest BCUT2D eigenvalue weighted by atomic mass is 32.2. The Morgan fingerprint density at radius 1 is 1.00 bits per heavy atom. The van der Waals surface area contributed by atoms with Crippen LogP contribution in [0.2, 0.25) is 0 Å². The van der Waals surface area contributed by atoms with Crippen molar-refractivity contribution in [1.29, 1.82) is 0 Å². The predicted molar refractivity (Wildman–Crippen MR) is 109 cm³/mol. The summed E-state index contributed by atoms with van der Waals surface area (Å²) in [6.45, 7) is 4.27. The zero-order valence-electron chi connectivity index (χ0n) is 16.6. The van der Waals surface area contributed by atoms with E-state index in [4.69, 9.17) is 19.4 Å². The van der Waals surface area contributed by atoms with Crippen LogP contribution in [0.3, 0.4) is 0 Å². The Labute approximate surface area is 165 Å². The molecule has 2 N–H and O–H groups in total. The maximum absolute atomic E-state index is 6.06. The van der Waals surface area contributed by atoms with Crippen LogP contribution in [-0.2, 0) is 10.7 Å². The predicted octanol–water partition coefficient (Wildman–Crippen LogP) is 3.84. The number of hydrogen-bond donors (Lipinski definition) is 1. The molecule has 0 bridgehead atoms. The smallest absolute Gasteiger partial charge is 0.320 e. The lowest BCUT2D eigenvalue weighted by Gasteiger charge is -2.08. The van der Waals surface area contributed by atoms with Crippen LogP contribution in [0.25, 0.3) is 11.2 Å². The number of hydrogen-bond acceptors (Lipinski definition) is 8. The molecule has 2 rings (SSSR count). The fourth-order valence-electron chi connectivity index (χ4n) is 2.76. The van der Waals surface area contributed by atoms with Crippen LogP contribution in [0.15, 0.2) is 0 Å². The molecule has 9 heteroatoms. The van der Waals surface area contributed by atoms with Gasteiger partial charge < -0.3 is 19.4 Å². The highest BCUT2D eigenvalue weighted by Gasteiger charge is 2.17. The van der Waals surface area contributed by atoms with Crippen LogP contribution in [0, 0.1) is 0 Å². The van der Waals surface area contributed by atoms with Gasteiger partial charge in [-0.3, -0.25) is 4.57 Å². The summed E-state index contributed by atoms with van der Waals surface area (Å²) in [5, 5.41) is 0. The molecule has 0 saturated heterocycles. The molecule has 8 nitrogen and oxygen atoms in total. The van der Waals surface area contributed by atoms with Crippen molar-refractivity contribution < 1.29 is 13.7 Å². The summed E-state index contributed by atoms with van der Waals surface area (Å²) < 4.78 is 18.3. The Hall–Kier alpha value is -1.74. The number of nitrogen functional groups attached to an aromatic ring is 1. The van der Waals surface area contributed by atoms with Crippen molar-refractivity contribution in [2.24, 2.45) is 0 Å². The van der Waals surface area contributed by atoms with Gasteiger partial charge in [-0.1, -0.05) is 32.6 Å². The number of ether oxygens (including phenoxy) is 2. The van der Waals surface area contributed by atoms with Gasteiger partial charge >= 0.3 is 6.01 Å². The number of fused-ring (bicyclic) bond motifs is 1. The topological polar surface area (TPSA) is 97.3 Å². The summed E-state index contributed by atoms with van der Waals surface area (Å²) in [6.07, 6.45) is 9.53. The molecule has 152 valence electrons. The summed E-state index contributed by atoms with van der Waals surface area (Å²) in [7, 11) is 1.60. The van der Waals surface area contributed by atoms with Crippen LogP contribution >= 0.6 is 12.0 Å². The summed E-state index contributed by atoms with van der Waals surface area (Å²) in [5.41, 5.74) is 7.28. The van der Waals surface area contributed by atoms with Crippen molar-refractivity contribution in [2.75, 3.05) is 32.3 Å². The normalized spacial score (nSPS) is 11.2. The summed E-state index contributed by atoms with van der Waals surface area (Å²) in [5.74, 6) is 0.317. The number of imidazole rings is 1. The zero-order chi connectivity index (χ0) is 19.5. The third-order valence-corrected chi connectivity index (χ3v) is 4.61. The van der Waals surface area contributed by atoms with Crippen LogP contribution < -0.4 is 15.2 Å². The SMILES string of the molecule is CCCCOc1nc(N)c2nc(OC)n(CCCCCCCOSC)c2n1. The summed E-state index contributed by atoms with van der Waals surface area (Å²) in [4.78, 5) is 13.2. The monoisotopic (exact) mass is 397 g/mol. The third-order valence-electron chi connectivity index (χ3n) is 4.20. The average molecular weight is 398 g/mol. The van der Waals surface area contributed by atoms with Gasteiger partial charge in [-0.15, -0.1) is 0 Å². The Balaban J connectivity index is 1.99. The van der Waals surface area contributed by atoms with Gasteiger partial charge in [-0.25, -0.2) is 0 Å². The Morgan fingerprint density at radius 3 is 2.52 bits per heavy atom. The van der Waals surface area contributed by atoms with E-state index >= 15 is 0 Å². The van der Waals surface area contributed by atoms with Gasteiger partial charge in [0.05, 0.1) is 20.3 Å². The highest BCUT2D eigenvalue weighted by molar-refractivity contribution is 7.93. The molecule has 0 radical (unpaired) electrons. The van der Waals surface area contributed by atoms with Gasteiger partial charge in [0.2, 0.25) is 0 Å². The molecule has 0 amide bonds. The molecule has 0 spiro atoms. The third kappa shape index (κ3) is 6.42. The quantitative estimate of drug-likeness (QED) is 0.379. The fourth-order valence-corrected chi connectivity index (χ4v) is 3.04. The maximum atomic E-state index is 6.06. The van der Waals surface area contributed by atoms with Gasteiger partial charge in [-0.05, 0) is 31.3 Å². The molecule has 0 aliphatic rings. The van der Waals surface area contributed by atoms with Crippen LogP contribution in [0.1, 0.15) is 51.9 Å². The number of methoxy groups -OCH3 is 1. The Kier molecular flexibility index (Phi) is 9.47. The zero-order valence-corrected chi connectivity index (χ0v) is 17.4. The molecule has 2 aromatic heterocycles. The average Bonchev–Trinajstić information content (AvgIpc) is 3.02. The maximum Gasteiger partial charge on any atom is 0.320 e. The van der Waals surface area contributed by atoms with Crippen molar-refractivity contribution in [3.05, 3.63) is 0 Å². The summed E-state index contributed by atoms with van der Waals surface area (Å²) >= 11 is 1.42. The van der Waals surface area contributed by atoms with Gasteiger partial charge in [0, 0.05) is 12.8 Å². The van der Waals surface area contributed by atoms with E-state index < -0.39 is 0 Å². The van der Waals surface area contributed by atoms with Gasteiger partial charge in [0.25, 0.3) is 6.01 Å². The molecule has 0 unspecified atom stereocenters. The van der Waals surface area contributed by atoms with E-state index in [9.17, 15) is 0 Å². The first-order valence-corrected chi connectivity index (χ1v) is 10.7. The molecule has 0 aliphatic carbocycles. The lowest BCUT2D eigenvalue weighted by Crippen LogP contribution is -2.06. The first-order valence-electron chi connectivity index (χ1n) is 9.57. The minimum atomic E-state index is 0.297. The Bertz CT molecular complexity index is 695. The molecule has 0 aliphatic heterocycles. The minimum Gasteiger partial charge on any atom is -0.468 e. The van der Waals surface area contributed by atoms with Crippen molar-refractivity contribution in [1.82, 2.24) is 19.5 Å². The standard InChI is InChI=1S/C18H31N5O3S/c1-4-5-12-25-17-21-15(19)14-16(22-17)23(18(20-14)24-2)11-9-7-6-8-10-13-26-27-3/h4-13H2,1-3H3,(H2,19,21,22). The van der Waals surface area contributed by atoms with Gasteiger partial charge in [0.15, 0.2) is 17.0 Å². The van der Waals surface area contributed by atoms with E-state index in [1.165, 1.54) is 24.9 Å². The highest BCUT2D eigenvalue weighted by Crippen LogP contribution is 2.26. The largest absolute Gasteiger partial charge is 0.468 e. The van der Waals surface area contributed by atoms with E-state index in [0.29, 0.717) is 35.6 Å². The van der Waals surface area contributed by atoms with E-state index in [0.717, 1.165) is 45.3 Å².